The van der Waals surface area contributed by atoms with Crippen LogP contribution in [0.1, 0.15) is 62.1 Å². The molecule has 0 aliphatic carbocycles. The van der Waals surface area contributed by atoms with Crippen LogP contribution in [0.4, 0.5) is 0 Å². The van der Waals surface area contributed by atoms with Gasteiger partial charge in [-0.25, -0.2) is 9.59 Å². The lowest BCUT2D eigenvalue weighted by Crippen LogP contribution is -2.10. The van der Waals surface area contributed by atoms with Crippen molar-refractivity contribution in [3.8, 4) is 0 Å². The van der Waals surface area contributed by atoms with Crippen molar-refractivity contribution in [2.75, 3.05) is 6.61 Å². The van der Waals surface area contributed by atoms with Gasteiger partial charge in [-0.05, 0) is 39.3 Å². The first-order valence-electron chi connectivity index (χ1n) is 7.47. The first-order chi connectivity index (χ1) is 11.4. The summed E-state index contributed by atoms with van der Waals surface area (Å²) in [4.78, 5) is 38.5. The number of furan rings is 1. The molecule has 7 heteroatoms. The highest BCUT2D eigenvalue weighted by Gasteiger charge is 2.22. The highest BCUT2D eigenvalue weighted by atomic mass is 16.5. The lowest BCUT2D eigenvalue weighted by atomic mass is 10.1. The van der Waals surface area contributed by atoms with Gasteiger partial charge in [0.15, 0.2) is 18.2 Å². The third-order valence-corrected chi connectivity index (χ3v) is 3.57. The molecule has 2 rings (SSSR count). The Hall–Kier alpha value is -2.83. The van der Waals surface area contributed by atoms with Crippen molar-refractivity contribution < 1.29 is 28.3 Å². The number of hydrogen-bond donors (Lipinski definition) is 1. The largest absolute Gasteiger partial charge is 0.465 e. The van der Waals surface area contributed by atoms with Crippen LogP contribution in [-0.4, -0.2) is 29.3 Å². The molecule has 0 radical (unpaired) electrons. The van der Waals surface area contributed by atoms with Crippen LogP contribution in [0, 0.1) is 13.8 Å². The van der Waals surface area contributed by atoms with E-state index in [1.165, 1.54) is 19.3 Å². The van der Waals surface area contributed by atoms with Gasteiger partial charge in [-0.1, -0.05) is 0 Å². The molecule has 0 spiro atoms. The number of carbonyl (C=O) groups is 3. The van der Waals surface area contributed by atoms with Crippen LogP contribution in [0.3, 0.4) is 0 Å². The number of aromatic nitrogens is 1. The fraction of sp³-hybridized carbons (Fsp3) is 0.353. The highest BCUT2D eigenvalue weighted by molar-refractivity contribution is 6.01. The molecule has 2 aromatic heterocycles. The molecule has 0 saturated heterocycles. The van der Waals surface area contributed by atoms with Crippen LogP contribution in [0.25, 0.3) is 0 Å². The number of Topliss-reactive ketones (excluding diaryl/α,β-unsaturated/α-hetero) is 1. The maximum atomic E-state index is 12.2. The van der Waals surface area contributed by atoms with E-state index in [1.807, 2.05) is 0 Å². The number of aryl methyl sites for hydroxylation is 1. The third kappa shape index (κ3) is 3.40. The smallest absolute Gasteiger partial charge is 0.355 e. The summed E-state index contributed by atoms with van der Waals surface area (Å²) in [5, 5.41) is 0. The Bertz CT molecular complexity index is 783. The van der Waals surface area contributed by atoms with Crippen LogP contribution in [0.15, 0.2) is 16.7 Å². The molecule has 0 saturated carbocycles. The Morgan fingerprint density at radius 3 is 2.46 bits per heavy atom. The normalized spacial score (nSPS) is 10.5. The molecule has 0 amide bonds. The predicted octanol–water partition coefficient (Wildman–Crippen LogP) is 2.96. The molecule has 0 fully saturated rings. The topological polar surface area (TPSA) is 98.6 Å². The molecule has 0 atom stereocenters. The SMILES string of the molecule is CCOC(=O)c1ccoc1COC(=O)c1[nH]c(C)c(C(C)=O)c1C. The molecule has 1 N–H and O–H groups in total. The number of ether oxygens (including phenoxy) is 2. The third-order valence-electron chi connectivity index (χ3n) is 3.57. The molecule has 24 heavy (non-hydrogen) atoms. The number of aromatic amines is 1. The second-order valence-electron chi connectivity index (χ2n) is 5.24. The molecule has 0 aliphatic rings. The first kappa shape index (κ1) is 17.5. The fourth-order valence-electron chi connectivity index (χ4n) is 2.53. The summed E-state index contributed by atoms with van der Waals surface area (Å²) in [5.74, 6) is -1.09. The number of rotatable bonds is 6. The number of nitrogens with one attached hydrogen (secondary N) is 1. The molecule has 2 aromatic rings. The second-order valence-corrected chi connectivity index (χ2v) is 5.24. The first-order valence-corrected chi connectivity index (χ1v) is 7.47. The van der Waals surface area contributed by atoms with Crippen LogP contribution < -0.4 is 0 Å². The van der Waals surface area contributed by atoms with Crippen molar-refractivity contribution in [2.24, 2.45) is 0 Å². The van der Waals surface area contributed by atoms with Crippen molar-refractivity contribution in [3.63, 3.8) is 0 Å². The summed E-state index contributed by atoms with van der Waals surface area (Å²) >= 11 is 0. The van der Waals surface area contributed by atoms with Gasteiger partial charge in [-0.2, -0.15) is 0 Å². The summed E-state index contributed by atoms with van der Waals surface area (Å²) in [6, 6.07) is 1.46. The molecular formula is C17H19NO6. The number of H-pyrrole nitrogens is 1. The summed E-state index contributed by atoms with van der Waals surface area (Å²) in [6.07, 6.45) is 1.33. The average molecular weight is 333 g/mol. The van der Waals surface area contributed by atoms with Gasteiger partial charge >= 0.3 is 11.9 Å². The Kier molecular flexibility index (Phi) is 5.23. The Morgan fingerprint density at radius 2 is 1.88 bits per heavy atom. The van der Waals surface area contributed by atoms with E-state index in [2.05, 4.69) is 4.98 Å². The van der Waals surface area contributed by atoms with Gasteiger partial charge in [0.2, 0.25) is 0 Å². The monoisotopic (exact) mass is 333 g/mol. The zero-order chi connectivity index (χ0) is 17.9. The molecule has 0 aliphatic heterocycles. The van der Waals surface area contributed by atoms with Crippen molar-refractivity contribution in [3.05, 3.63) is 46.2 Å². The number of esters is 2. The minimum absolute atomic E-state index is 0.129. The van der Waals surface area contributed by atoms with Gasteiger partial charge < -0.3 is 18.9 Å². The zero-order valence-electron chi connectivity index (χ0n) is 14.0. The van der Waals surface area contributed by atoms with E-state index in [0.29, 0.717) is 16.8 Å². The van der Waals surface area contributed by atoms with E-state index in [-0.39, 0.29) is 36.0 Å². The summed E-state index contributed by atoms with van der Waals surface area (Å²) in [6.45, 7) is 6.54. The van der Waals surface area contributed by atoms with Gasteiger partial charge in [0.25, 0.3) is 0 Å². The van der Waals surface area contributed by atoms with Gasteiger partial charge in [-0.3, -0.25) is 4.79 Å². The predicted molar refractivity (Wildman–Crippen MR) is 84.1 cm³/mol. The second kappa shape index (κ2) is 7.16. The van der Waals surface area contributed by atoms with Crippen LogP contribution in [0.2, 0.25) is 0 Å². The molecule has 128 valence electrons. The van der Waals surface area contributed by atoms with Gasteiger partial charge in [-0.15, -0.1) is 0 Å². The minimum Gasteiger partial charge on any atom is -0.465 e. The molecule has 7 nitrogen and oxygen atoms in total. The summed E-state index contributed by atoms with van der Waals surface area (Å²) < 4.78 is 15.3. The fourth-order valence-corrected chi connectivity index (χ4v) is 2.53. The Balaban J connectivity index is 2.13. The maximum Gasteiger partial charge on any atom is 0.355 e. The van der Waals surface area contributed by atoms with Gasteiger partial charge in [0.1, 0.15) is 11.3 Å². The Labute approximate surface area is 138 Å². The molecule has 0 aromatic carbocycles. The maximum absolute atomic E-state index is 12.2. The van der Waals surface area contributed by atoms with Gasteiger partial charge in [0.05, 0.1) is 12.9 Å². The standard InChI is InChI=1S/C17H19NO6/c1-5-22-16(20)12-6-7-23-13(12)8-24-17(21)15-9(2)14(11(4)19)10(3)18-15/h6-7,18H,5,8H2,1-4H3. The van der Waals surface area contributed by atoms with E-state index in [9.17, 15) is 14.4 Å². The van der Waals surface area contributed by atoms with E-state index >= 15 is 0 Å². The molecule has 0 bridgehead atoms. The van der Waals surface area contributed by atoms with E-state index in [4.69, 9.17) is 13.9 Å². The average Bonchev–Trinajstić information content (AvgIpc) is 3.09. The van der Waals surface area contributed by atoms with Crippen molar-refractivity contribution >= 4 is 17.7 Å². The van der Waals surface area contributed by atoms with Gasteiger partial charge in [0, 0.05) is 11.3 Å². The van der Waals surface area contributed by atoms with E-state index in [0.717, 1.165) is 0 Å². The van der Waals surface area contributed by atoms with Crippen LogP contribution in [0.5, 0.6) is 0 Å². The number of ketones is 1. The minimum atomic E-state index is -0.630. The lowest BCUT2D eigenvalue weighted by molar-refractivity contribution is 0.0417. The molecule has 0 unspecified atom stereocenters. The van der Waals surface area contributed by atoms with Crippen LogP contribution >= 0.6 is 0 Å². The zero-order valence-corrected chi connectivity index (χ0v) is 14.0. The van der Waals surface area contributed by atoms with Crippen molar-refractivity contribution in [1.82, 2.24) is 4.98 Å². The number of carbonyl (C=O) groups excluding carboxylic acids is 3. The van der Waals surface area contributed by atoms with E-state index in [1.54, 1.807) is 20.8 Å². The van der Waals surface area contributed by atoms with E-state index < -0.39 is 11.9 Å². The highest BCUT2D eigenvalue weighted by Crippen LogP contribution is 2.20. The van der Waals surface area contributed by atoms with Crippen LogP contribution in [-0.2, 0) is 16.1 Å². The quantitative estimate of drug-likeness (QED) is 0.644. The van der Waals surface area contributed by atoms with Crippen molar-refractivity contribution in [1.29, 1.82) is 0 Å². The molecular weight excluding hydrogens is 314 g/mol. The molecule has 2 heterocycles. The lowest BCUT2D eigenvalue weighted by Gasteiger charge is -2.05. The van der Waals surface area contributed by atoms with Crippen molar-refractivity contribution in [2.45, 2.75) is 34.3 Å². The summed E-state index contributed by atoms with van der Waals surface area (Å²) in [5.41, 5.74) is 2.05. The summed E-state index contributed by atoms with van der Waals surface area (Å²) in [7, 11) is 0. The number of hydrogen-bond acceptors (Lipinski definition) is 6. The Morgan fingerprint density at radius 1 is 1.17 bits per heavy atom.